The molecule has 0 aliphatic carbocycles. The number of likely N-dealkylation sites (tertiary alicyclic amines) is 1. The van der Waals surface area contributed by atoms with Crippen molar-refractivity contribution in [2.45, 2.75) is 25.4 Å². The van der Waals surface area contributed by atoms with Gasteiger partial charge < -0.3 is 24.4 Å². The first-order valence-electron chi connectivity index (χ1n) is 12.7. The molecular weight excluding hydrogens is 520 g/mol. The van der Waals surface area contributed by atoms with Gasteiger partial charge in [-0.1, -0.05) is 0 Å². The average molecular weight is 548 g/mol. The van der Waals surface area contributed by atoms with E-state index in [1.807, 2.05) is 25.1 Å². The molecule has 2 aromatic carbocycles. The number of rotatable bonds is 7. The molecule has 0 bridgehead atoms. The first-order valence-corrected chi connectivity index (χ1v) is 12.7. The number of fused-ring (bicyclic) bond motifs is 2. The summed E-state index contributed by atoms with van der Waals surface area (Å²) in [5.74, 6) is -1.41. The summed E-state index contributed by atoms with van der Waals surface area (Å²) in [5.41, 5.74) is 3.46. The van der Waals surface area contributed by atoms with Gasteiger partial charge in [0.05, 0.1) is 30.2 Å². The minimum Gasteiger partial charge on any atom is -0.493 e. The summed E-state index contributed by atoms with van der Waals surface area (Å²) in [6.45, 7) is 2.05. The lowest BCUT2D eigenvalue weighted by atomic mass is 10.0. The molecule has 10 nitrogen and oxygen atoms in total. The second kappa shape index (κ2) is 10.2. The highest BCUT2D eigenvalue weighted by Crippen LogP contribution is 2.43. The fourth-order valence-corrected chi connectivity index (χ4v) is 4.83. The highest BCUT2D eigenvalue weighted by molar-refractivity contribution is 5.99. The van der Waals surface area contributed by atoms with E-state index in [2.05, 4.69) is 25.4 Å². The van der Waals surface area contributed by atoms with Gasteiger partial charge in [-0.25, -0.2) is 23.3 Å². The molecule has 1 atom stereocenters. The fraction of sp³-hybridized carbons (Fsp3) is 0.286. The zero-order valence-electron chi connectivity index (χ0n) is 22.1. The van der Waals surface area contributed by atoms with Crippen LogP contribution in [0.15, 0.2) is 61.3 Å². The van der Waals surface area contributed by atoms with Crippen molar-refractivity contribution in [3.8, 4) is 23.1 Å². The first kappa shape index (κ1) is 25.7. The number of halogens is 2. The zero-order chi connectivity index (χ0) is 27.9. The SMILES string of the molecule is COc1ccc2nccc(Nc3ccc(Oc4cc5ncnn5cn4)c(C)c3)c2c1OC1CCN(C)CC1(F)F. The standard InChI is InChI=1S/C28H27F2N7O3/c1-17-12-18(4-6-21(17)39-25-13-24-32-15-34-37(24)16-33-25)35-20-8-10-31-19-5-7-22(38-3)27(26(19)20)40-23-9-11-36(2)14-28(23,29)30/h4-8,10,12-13,15-16,23H,9,11,14H2,1-3H3,(H,31,35). The summed E-state index contributed by atoms with van der Waals surface area (Å²) in [6, 6.07) is 12.5. The lowest BCUT2D eigenvalue weighted by Crippen LogP contribution is -2.52. The monoisotopic (exact) mass is 547 g/mol. The molecule has 1 unspecified atom stereocenters. The molecule has 0 amide bonds. The molecule has 1 aliphatic heterocycles. The molecule has 1 fully saturated rings. The summed E-state index contributed by atoms with van der Waals surface area (Å²) < 4.78 is 49.0. The molecular formula is C28H27F2N7O3. The van der Waals surface area contributed by atoms with Crippen molar-refractivity contribution in [1.82, 2.24) is 29.5 Å². The van der Waals surface area contributed by atoms with Crippen molar-refractivity contribution in [2.24, 2.45) is 0 Å². The van der Waals surface area contributed by atoms with Crippen LogP contribution < -0.4 is 19.5 Å². The van der Waals surface area contributed by atoms with E-state index in [4.69, 9.17) is 14.2 Å². The highest BCUT2D eigenvalue weighted by atomic mass is 19.3. The van der Waals surface area contributed by atoms with E-state index in [-0.39, 0.29) is 18.7 Å². The third-order valence-corrected chi connectivity index (χ3v) is 6.84. The zero-order valence-corrected chi connectivity index (χ0v) is 22.1. The van der Waals surface area contributed by atoms with E-state index < -0.39 is 12.0 Å². The molecule has 0 saturated carbocycles. The van der Waals surface area contributed by atoms with Crippen LogP contribution in [0.1, 0.15) is 12.0 Å². The fourth-order valence-electron chi connectivity index (χ4n) is 4.83. The number of ether oxygens (including phenoxy) is 3. The van der Waals surface area contributed by atoms with Crippen LogP contribution in [0, 0.1) is 6.92 Å². The van der Waals surface area contributed by atoms with Gasteiger partial charge in [-0.05, 0) is 55.9 Å². The van der Waals surface area contributed by atoms with Gasteiger partial charge >= 0.3 is 0 Å². The number of aryl methyl sites for hydroxylation is 1. The molecule has 4 heterocycles. The quantitative estimate of drug-likeness (QED) is 0.293. The number of benzene rings is 2. The van der Waals surface area contributed by atoms with E-state index in [0.29, 0.717) is 46.2 Å². The molecule has 0 spiro atoms. The number of hydrogen-bond acceptors (Lipinski definition) is 9. The van der Waals surface area contributed by atoms with Gasteiger partial charge in [-0.3, -0.25) is 4.98 Å². The number of nitrogens with one attached hydrogen (secondary N) is 1. The molecule has 3 aromatic heterocycles. The van der Waals surface area contributed by atoms with Crippen LogP contribution in [-0.4, -0.2) is 68.7 Å². The van der Waals surface area contributed by atoms with Gasteiger partial charge in [0.1, 0.15) is 18.4 Å². The van der Waals surface area contributed by atoms with Crippen LogP contribution in [0.25, 0.3) is 16.6 Å². The van der Waals surface area contributed by atoms with Gasteiger partial charge in [0.15, 0.2) is 23.3 Å². The van der Waals surface area contributed by atoms with Crippen molar-refractivity contribution in [3.63, 3.8) is 0 Å². The van der Waals surface area contributed by atoms with E-state index in [1.54, 1.807) is 46.9 Å². The van der Waals surface area contributed by atoms with Gasteiger partial charge in [-0.2, -0.15) is 5.10 Å². The highest BCUT2D eigenvalue weighted by Gasteiger charge is 2.46. The summed E-state index contributed by atoms with van der Waals surface area (Å²) in [5, 5.41) is 7.98. The number of methoxy groups -OCH3 is 1. The number of aromatic nitrogens is 5. The minimum absolute atomic E-state index is 0.186. The number of pyridine rings is 1. The van der Waals surface area contributed by atoms with Crippen molar-refractivity contribution >= 4 is 27.9 Å². The number of alkyl halides is 2. The maximum absolute atomic E-state index is 14.9. The molecule has 12 heteroatoms. The third kappa shape index (κ3) is 4.93. The van der Waals surface area contributed by atoms with Gasteiger partial charge in [0.2, 0.25) is 5.88 Å². The number of hydrogen-bond donors (Lipinski definition) is 1. The topological polar surface area (TPSA) is 98.9 Å². The van der Waals surface area contributed by atoms with Crippen molar-refractivity contribution in [1.29, 1.82) is 0 Å². The normalized spacial score (nSPS) is 17.2. The lowest BCUT2D eigenvalue weighted by molar-refractivity contribution is -0.135. The Hall–Kier alpha value is -4.58. The minimum atomic E-state index is -3.02. The Kier molecular flexibility index (Phi) is 6.54. The van der Waals surface area contributed by atoms with Crippen molar-refractivity contribution < 1.29 is 23.0 Å². The molecule has 6 rings (SSSR count). The van der Waals surface area contributed by atoms with E-state index >= 15 is 0 Å². The predicted octanol–water partition coefficient (Wildman–Crippen LogP) is 5.24. The van der Waals surface area contributed by atoms with Crippen LogP contribution in [0.4, 0.5) is 20.2 Å². The molecule has 206 valence electrons. The van der Waals surface area contributed by atoms with Gasteiger partial charge in [0.25, 0.3) is 5.92 Å². The van der Waals surface area contributed by atoms with Crippen LogP contribution in [0.5, 0.6) is 23.1 Å². The maximum atomic E-state index is 14.9. The van der Waals surface area contributed by atoms with Crippen molar-refractivity contribution in [2.75, 3.05) is 32.6 Å². The number of anilines is 2. The smallest absolute Gasteiger partial charge is 0.296 e. The Morgan fingerprint density at radius 3 is 2.70 bits per heavy atom. The second-order valence-electron chi connectivity index (χ2n) is 9.74. The Balaban J connectivity index is 1.31. The Labute approximate surface area is 228 Å². The largest absolute Gasteiger partial charge is 0.493 e. The van der Waals surface area contributed by atoms with Crippen molar-refractivity contribution in [3.05, 3.63) is 66.9 Å². The number of piperidine rings is 1. The van der Waals surface area contributed by atoms with E-state index in [1.165, 1.54) is 19.8 Å². The molecule has 5 aromatic rings. The Morgan fingerprint density at radius 1 is 1.05 bits per heavy atom. The summed E-state index contributed by atoms with van der Waals surface area (Å²) in [7, 11) is 3.17. The predicted molar refractivity (Wildman–Crippen MR) is 145 cm³/mol. The van der Waals surface area contributed by atoms with Gasteiger partial charge in [0, 0.05) is 30.9 Å². The van der Waals surface area contributed by atoms with Gasteiger partial charge in [-0.15, -0.1) is 0 Å². The molecule has 0 radical (unpaired) electrons. The summed E-state index contributed by atoms with van der Waals surface area (Å²) in [6.07, 6.45) is 3.53. The Bertz CT molecular complexity index is 1690. The van der Waals surface area contributed by atoms with Crippen LogP contribution in [-0.2, 0) is 0 Å². The third-order valence-electron chi connectivity index (χ3n) is 6.84. The Morgan fingerprint density at radius 2 is 1.90 bits per heavy atom. The van der Waals surface area contributed by atoms with Crippen LogP contribution in [0.3, 0.4) is 0 Å². The second-order valence-corrected chi connectivity index (χ2v) is 9.74. The van der Waals surface area contributed by atoms with Crippen LogP contribution >= 0.6 is 0 Å². The molecule has 40 heavy (non-hydrogen) atoms. The summed E-state index contributed by atoms with van der Waals surface area (Å²) >= 11 is 0. The lowest BCUT2D eigenvalue weighted by Gasteiger charge is -2.36. The maximum Gasteiger partial charge on any atom is 0.296 e. The first-order chi connectivity index (χ1) is 19.3. The molecule has 1 aliphatic rings. The molecule has 1 N–H and O–H groups in total. The summed E-state index contributed by atoms with van der Waals surface area (Å²) in [4.78, 5) is 14.5. The van der Waals surface area contributed by atoms with E-state index in [9.17, 15) is 8.78 Å². The number of nitrogens with zero attached hydrogens (tertiary/aromatic N) is 6. The molecule has 1 saturated heterocycles. The van der Waals surface area contributed by atoms with E-state index in [0.717, 1.165) is 11.3 Å². The van der Waals surface area contributed by atoms with Crippen LogP contribution in [0.2, 0.25) is 0 Å². The average Bonchev–Trinajstić information content (AvgIpc) is 3.39.